The number of carbonyl (C=O) groups is 1. The van der Waals surface area contributed by atoms with Crippen LogP contribution in [0.5, 0.6) is 0 Å². The molecule has 1 aromatic heterocycles. The normalized spacial score (nSPS) is 11.9. The average Bonchev–Trinajstić information content (AvgIpc) is 3.33. The lowest BCUT2D eigenvalue weighted by molar-refractivity contribution is -0.115. The molecular weight excluding hydrogens is 460 g/mol. The Labute approximate surface area is 216 Å². The van der Waals surface area contributed by atoms with Crippen molar-refractivity contribution in [1.82, 2.24) is 14.9 Å². The Morgan fingerprint density at radius 2 is 1.57 bits per heavy atom. The van der Waals surface area contributed by atoms with Crippen molar-refractivity contribution in [3.63, 3.8) is 0 Å². The zero-order chi connectivity index (χ0) is 25.5. The SMILES string of the molecule is O=C(Cc1nc(CCNC[C@H](O)c2ccccc2)cn1-c1ccc2ccccc2c1)Nc1ccccc1. The van der Waals surface area contributed by atoms with Gasteiger partial charge in [0.1, 0.15) is 5.82 Å². The van der Waals surface area contributed by atoms with Crippen LogP contribution in [-0.4, -0.2) is 33.7 Å². The number of benzene rings is 4. The van der Waals surface area contributed by atoms with Gasteiger partial charge < -0.3 is 20.3 Å². The number of carbonyl (C=O) groups excluding carboxylic acids is 1. The Hall–Kier alpha value is -4.26. The van der Waals surface area contributed by atoms with Crippen LogP contribution in [0.2, 0.25) is 0 Å². The van der Waals surface area contributed by atoms with Crippen LogP contribution in [0, 0.1) is 0 Å². The zero-order valence-corrected chi connectivity index (χ0v) is 20.5. The van der Waals surface area contributed by atoms with Crippen LogP contribution in [0.15, 0.2) is 109 Å². The number of aliphatic hydroxyl groups is 1. The number of nitrogens with zero attached hydrogens (tertiary/aromatic N) is 2. The van der Waals surface area contributed by atoms with Gasteiger partial charge in [0, 0.05) is 37.1 Å². The maximum absolute atomic E-state index is 12.9. The molecule has 1 heterocycles. The summed E-state index contributed by atoms with van der Waals surface area (Å²) < 4.78 is 2.01. The van der Waals surface area contributed by atoms with Gasteiger partial charge in [-0.2, -0.15) is 0 Å². The smallest absolute Gasteiger partial charge is 0.231 e. The molecule has 3 N–H and O–H groups in total. The van der Waals surface area contributed by atoms with Crippen LogP contribution in [0.1, 0.15) is 23.2 Å². The molecule has 0 saturated carbocycles. The topological polar surface area (TPSA) is 79.2 Å². The fraction of sp³-hybridized carbons (Fsp3) is 0.161. The van der Waals surface area contributed by atoms with Crippen molar-refractivity contribution < 1.29 is 9.90 Å². The number of imidazole rings is 1. The number of fused-ring (bicyclic) bond motifs is 1. The molecular formula is C31H30N4O2. The van der Waals surface area contributed by atoms with E-state index in [-0.39, 0.29) is 12.3 Å². The fourth-order valence-electron chi connectivity index (χ4n) is 4.39. The summed E-state index contributed by atoms with van der Waals surface area (Å²) in [5, 5.41) is 19.0. The highest BCUT2D eigenvalue weighted by atomic mass is 16.3. The van der Waals surface area contributed by atoms with E-state index >= 15 is 0 Å². The lowest BCUT2D eigenvalue weighted by atomic mass is 10.1. The van der Waals surface area contributed by atoms with E-state index < -0.39 is 6.10 Å². The molecule has 0 aliphatic rings. The van der Waals surface area contributed by atoms with Crippen molar-refractivity contribution in [3.8, 4) is 5.69 Å². The van der Waals surface area contributed by atoms with Gasteiger partial charge in [-0.3, -0.25) is 4.79 Å². The standard InChI is InChI=1S/C31H30N4O2/c36-29(24-10-3-1-4-11-24)21-32-18-17-27-22-35(28-16-15-23-9-7-8-12-25(23)19-28)30(33-27)20-31(37)34-26-13-5-2-6-14-26/h1-16,19,22,29,32,36H,17-18,20-21H2,(H,34,37)/t29-/m0/s1. The predicted octanol–water partition coefficient (Wildman–Crippen LogP) is 5.07. The maximum atomic E-state index is 12.9. The highest BCUT2D eigenvalue weighted by Gasteiger charge is 2.15. The minimum atomic E-state index is -0.561. The maximum Gasteiger partial charge on any atom is 0.231 e. The number of amides is 1. The van der Waals surface area contributed by atoms with Crippen molar-refractivity contribution in [3.05, 3.63) is 126 Å². The molecule has 37 heavy (non-hydrogen) atoms. The first kappa shape index (κ1) is 24.4. The minimum absolute atomic E-state index is 0.116. The Balaban J connectivity index is 1.31. The molecule has 5 aromatic rings. The summed E-state index contributed by atoms with van der Waals surface area (Å²) in [6.45, 7) is 1.12. The predicted molar refractivity (Wildman–Crippen MR) is 148 cm³/mol. The number of anilines is 1. The molecule has 0 bridgehead atoms. The van der Waals surface area contributed by atoms with Crippen LogP contribution in [0.25, 0.3) is 16.5 Å². The highest BCUT2D eigenvalue weighted by Crippen LogP contribution is 2.21. The molecule has 0 radical (unpaired) electrons. The highest BCUT2D eigenvalue weighted by molar-refractivity contribution is 5.92. The molecule has 6 nitrogen and oxygen atoms in total. The monoisotopic (exact) mass is 490 g/mol. The van der Waals surface area contributed by atoms with Gasteiger partial charge >= 0.3 is 0 Å². The van der Waals surface area contributed by atoms with Gasteiger partial charge in [-0.1, -0.05) is 78.9 Å². The molecule has 1 atom stereocenters. The van der Waals surface area contributed by atoms with Crippen LogP contribution < -0.4 is 10.6 Å². The molecule has 0 fully saturated rings. The zero-order valence-electron chi connectivity index (χ0n) is 20.5. The number of hydrogen-bond donors (Lipinski definition) is 3. The second-order valence-corrected chi connectivity index (χ2v) is 9.02. The van der Waals surface area contributed by atoms with E-state index in [9.17, 15) is 9.90 Å². The van der Waals surface area contributed by atoms with Crippen LogP contribution in [0.3, 0.4) is 0 Å². The lowest BCUT2D eigenvalue weighted by Crippen LogP contribution is -2.23. The van der Waals surface area contributed by atoms with Gasteiger partial charge in [0.15, 0.2) is 0 Å². The van der Waals surface area contributed by atoms with E-state index in [2.05, 4.69) is 41.0 Å². The third-order valence-corrected chi connectivity index (χ3v) is 6.30. The fourth-order valence-corrected chi connectivity index (χ4v) is 4.39. The first-order valence-corrected chi connectivity index (χ1v) is 12.5. The summed E-state index contributed by atoms with van der Waals surface area (Å²) in [6, 6.07) is 33.6. The molecule has 6 heteroatoms. The second-order valence-electron chi connectivity index (χ2n) is 9.02. The van der Waals surface area contributed by atoms with E-state index in [0.717, 1.165) is 33.4 Å². The first-order chi connectivity index (χ1) is 18.2. The summed E-state index contributed by atoms with van der Waals surface area (Å²) in [4.78, 5) is 17.7. The van der Waals surface area contributed by atoms with Crippen molar-refractivity contribution in [2.75, 3.05) is 18.4 Å². The number of hydrogen-bond acceptors (Lipinski definition) is 4. The molecule has 186 valence electrons. The molecule has 1 amide bonds. The summed E-state index contributed by atoms with van der Waals surface area (Å²) in [5.74, 6) is 0.567. The van der Waals surface area contributed by atoms with E-state index in [1.54, 1.807) is 0 Å². The van der Waals surface area contributed by atoms with Crippen molar-refractivity contribution >= 4 is 22.4 Å². The van der Waals surface area contributed by atoms with Crippen LogP contribution in [-0.2, 0) is 17.6 Å². The quantitative estimate of drug-likeness (QED) is 0.239. The third kappa shape index (κ3) is 6.30. The third-order valence-electron chi connectivity index (χ3n) is 6.30. The molecule has 4 aromatic carbocycles. The molecule has 0 unspecified atom stereocenters. The summed E-state index contributed by atoms with van der Waals surface area (Å²) in [5.41, 5.74) is 3.50. The van der Waals surface area contributed by atoms with E-state index in [1.165, 1.54) is 0 Å². The van der Waals surface area contributed by atoms with Gasteiger partial charge in [-0.25, -0.2) is 4.98 Å². The Bertz CT molecular complexity index is 1460. The van der Waals surface area contributed by atoms with Crippen LogP contribution in [0.4, 0.5) is 5.69 Å². The number of rotatable bonds is 10. The second kappa shape index (κ2) is 11.6. The number of nitrogens with one attached hydrogen (secondary N) is 2. The summed E-state index contributed by atoms with van der Waals surface area (Å²) in [7, 11) is 0. The molecule has 0 aliphatic heterocycles. The lowest BCUT2D eigenvalue weighted by Gasteiger charge is -2.11. The first-order valence-electron chi connectivity index (χ1n) is 12.5. The van der Waals surface area contributed by atoms with Gasteiger partial charge in [0.2, 0.25) is 5.91 Å². The van der Waals surface area contributed by atoms with Crippen molar-refractivity contribution in [2.24, 2.45) is 0 Å². The van der Waals surface area contributed by atoms with Gasteiger partial charge in [-0.15, -0.1) is 0 Å². The number of aliphatic hydroxyl groups excluding tert-OH is 1. The Morgan fingerprint density at radius 1 is 0.865 bits per heavy atom. The average molecular weight is 491 g/mol. The van der Waals surface area contributed by atoms with Gasteiger partial charge in [-0.05, 0) is 40.6 Å². The van der Waals surface area contributed by atoms with E-state index in [4.69, 9.17) is 4.98 Å². The van der Waals surface area contributed by atoms with E-state index in [1.807, 2.05) is 83.6 Å². The largest absolute Gasteiger partial charge is 0.387 e. The van der Waals surface area contributed by atoms with Gasteiger partial charge in [0.25, 0.3) is 0 Å². The van der Waals surface area contributed by atoms with Gasteiger partial charge in [0.05, 0.1) is 18.2 Å². The summed E-state index contributed by atoms with van der Waals surface area (Å²) >= 11 is 0. The summed E-state index contributed by atoms with van der Waals surface area (Å²) in [6.07, 6.45) is 2.27. The Kier molecular flexibility index (Phi) is 7.69. The van der Waals surface area contributed by atoms with E-state index in [0.29, 0.717) is 25.3 Å². The minimum Gasteiger partial charge on any atom is -0.387 e. The van der Waals surface area contributed by atoms with Crippen molar-refractivity contribution in [1.29, 1.82) is 0 Å². The van der Waals surface area contributed by atoms with Crippen LogP contribution >= 0.6 is 0 Å². The number of aromatic nitrogens is 2. The molecule has 0 aliphatic carbocycles. The Morgan fingerprint density at radius 3 is 2.35 bits per heavy atom. The molecule has 0 spiro atoms. The number of para-hydroxylation sites is 1. The molecule has 0 saturated heterocycles. The van der Waals surface area contributed by atoms with Crippen molar-refractivity contribution in [2.45, 2.75) is 18.9 Å². The molecule has 5 rings (SSSR count).